The van der Waals surface area contributed by atoms with Gasteiger partial charge in [0.25, 0.3) is 5.91 Å². The lowest BCUT2D eigenvalue weighted by Gasteiger charge is -2.31. The van der Waals surface area contributed by atoms with Crippen LogP contribution in [0.5, 0.6) is 0 Å². The number of aromatic nitrogens is 1. The fourth-order valence-corrected chi connectivity index (χ4v) is 5.85. The maximum Gasteiger partial charge on any atom is 0.292 e. The number of carbonyl (C=O) groups is 2. The van der Waals surface area contributed by atoms with Crippen LogP contribution in [0.15, 0.2) is 42.5 Å². The zero-order valence-electron chi connectivity index (χ0n) is 17.4. The quantitative estimate of drug-likeness (QED) is 0.662. The second-order valence-electron chi connectivity index (χ2n) is 8.72. The van der Waals surface area contributed by atoms with Crippen LogP contribution in [0, 0.1) is 12.8 Å². The normalized spacial score (nSPS) is 24.7. The minimum absolute atomic E-state index is 0.0488. The van der Waals surface area contributed by atoms with Gasteiger partial charge in [0.05, 0.1) is 35.4 Å². The van der Waals surface area contributed by atoms with Gasteiger partial charge in [-0.15, -0.1) is 11.3 Å². The Morgan fingerprint density at radius 2 is 1.93 bits per heavy atom. The molecule has 2 fully saturated rings. The Bertz CT molecular complexity index is 1120. The van der Waals surface area contributed by atoms with E-state index in [1.807, 2.05) is 30.3 Å². The molecule has 2 aliphatic heterocycles. The number of carbonyl (C=O) groups excluding carboxylic acids is 2. The zero-order chi connectivity index (χ0) is 20.8. The van der Waals surface area contributed by atoms with Crippen molar-refractivity contribution in [3.8, 4) is 10.6 Å². The number of piperidine rings is 1. The Hall–Kier alpha value is -2.57. The number of quaternary nitrogens is 1. The van der Waals surface area contributed by atoms with Crippen molar-refractivity contribution in [3.05, 3.63) is 48.0 Å². The molecule has 1 unspecified atom stereocenters. The van der Waals surface area contributed by atoms with Crippen molar-refractivity contribution in [1.29, 1.82) is 0 Å². The molecule has 5 nitrogen and oxygen atoms in total. The van der Waals surface area contributed by atoms with Crippen molar-refractivity contribution < 1.29 is 14.5 Å². The molecule has 1 aromatic heterocycles. The molecule has 2 amide bonds. The number of amides is 2. The number of likely N-dealkylation sites (tertiary alicyclic amines) is 1. The van der Waals surface area contributed by atoms with E-state index >= 15 is 0 Å². The number of aryl methyl sites for hydroxylation is 1. The molecule has 30 heavy (non-hydrogen) atoms. The summed E-state index contributed by atoms with van der Waals surface area (Å²) in [6.07, 6.45) is 2.67. The second-order valence-corrected chi connectivity index (χ2v) is 9.75. The van der Waals surface area contributed by atoms with Gasteiger partial charge in [-0.1, -0.05) is 13.0 Å². The minimum atomic E-state index is -0.229. The summed E-state index contributed by atoms with van der Waals surface area (Å²) in [4.78, 5) is 33.2. The predicted octanol–water partition coefficient (Wildman–Crippen LogP) is 3.22. The molecule has 6 heteroatoms. The van der Waals surface area contributed by atoms with Gasteiger partial charge in [0.2, 0.25) is 5.91 Å². The number of benzene rings is 2. The van der Waals surface area contributed by atoms with E-state index in [0.717, 1.165) is 35.6 Å². The summed E-state index contributed by atoms with van der Waals surface area (Å²) in [7, 11) is 0. The lowest BCUT2D eigenvalue weighted by atomic mass is 9.98. The molecule has 0 aliphatic carbocycles. The number of hydrogen-bond acceptors (Lipinski definition) is 4. The molecule has 0 bridgehead atoms. The molecule has 2 saturated heterocycles. The van der Waals surface area contributed by atoms with E-state index in [0.29, 0.717) is 18.0 Å². The monoisotopic (exact) mass is 420 g/mol. The summed E-state index contributed by atoms with van der Waals surface area (Å²) < 4.78 is 1.17. The van der Waals surface area contributed by atoms with Crippen LogP contribution in [0.4, 0.5) is 5.69 Å². The summed E-state index contributed by atoms with van der Waals surface area (Å²) in [6.45, 7) is 6.28. The van der Waals surface area contributed by atoms with Gasteiger partial charge in [0.1, 0.15) is 5.01 Å². The van der Waals surface area contributed by atoms with E-state index < -0.39 is 0 Å². The van der Waals surface area contributed by atoms with Gasteiger partial charge in [-0.05, 0) is 61.7 Å². The molecule has 3 aromatic rings. The summed E-state index contributed by atoms with van der Waals surface area (Å²) in [5.74, 6) is 0.480. The molecule has 5 rings (SSSR count). The van der Waals surface area contributed by atoms with Crippen molar-refractivity contribution in [3.63, 3.8) is 0 Å². The third kappa shape index (κ3) is 3.44. The maximum absolute atomic E-state index is 13.1. The molecule has 3 heterocycles. The first-order chi connectivity index (χ1) is 14.5. The van der Waals surface area contributed by atoms with Crippen LogP contribution < -0.4 is 9.80 Å². The number of rotatable bonds is 3. The Balaban J connectivity index is 1.38. The molecular weight excluding hydrogens is 394 g/mol. The van der Waals surface area contributed by atoms with Gasteiger partial charge in [-0.2, -0.15) is 0 Å². The van der Waals surface area contributed by atoms with E-state index in [1.165, 1.54) is 26.5 Å². The van der Waals surface area contributed by atoms with E-state index in [-0.39, 0.29) is 17.9 Å². The number of anilines is 1. The fourth-order valence-electron chi connectivity index (χ4n) is 4.78. The third-order valence-electron chi connectivity index (χ3n) is 6.36. The first-order valence-corrected chi connectivity index (χ1v) is 11.5. The molecule has 3 atom stereocenters. The first-order valence-electron chi connectivity index (χ1n) is 10.7. The number of thiazole rings is 1. The number of nitrogens with one attached hydrogen (secondary N) is 1. The highest BCUT2D eigenvalue weighted by molar-refractivity contribution is 7.21. The molecule has 1 N–H and O–H groups in total. The number of hydrogen-bond donors (Lipinski definition) is 1. The number of imide groups is 1. The van der Waals surface area contributed by atoms with E-state index in [1.54, 1.807) is 11.3 Å². The van der Waals surface area contributed by atoms with Crippen molar-refractivity contribution in [1.82, 2.24) is 4.98 Å². The Morgan fingerprint density at radius 3 is 2.70 bits per heavy atom. The molecule has 2 aromatic carbocycles. The van der Waals surface area contributed by atoms with Crippen molar-refractivity contribution in [2.24, 2.45) is 5.92 Å². The molecule has 0 saturated carbocycles. The van der Waals surface area contributed by atoms with Gasteiger partial charge < -0.3 is 4.90 Å². The summed E-state index contributed by atoms with van der Waals surface area (Å²) in [5.41, 5.74) is 3.89. The van der Waals surface area contributed by atoms with Crippen molar-refractivity contribution in [2.75, 3.05) is 18.0 Å². The summed E-state index contributed by atoms with van der Waals surface area (Å²) >= 11 is 1.66. The van der Waals surface area contributed by atoms with Crippen LogP contribution in [-0.4, -0.2) is 35.9 Å². The first kappa shape index (κ1) is 19.4. The maximum atomic E-state index is 13.1. The van der Waals surface area contributed by atoms with Crippen LogP contribution in [-0.2, 0) is 9.59 Å². The SMILES string of the molecule is Cc1ccc2nc(-c3ccc(N4C(=O)C[C@H]([NH+]5CCC[C@H](C)C5)C4=O)cc3)sc2c1. The Morgan fingerprint density at radius 1 is 1.13 bits per heavy atom. The van der Waals surface area contributed by atoms with E-state index in [2.05, 4.69) is 26.0 Å². The van der Waals surface area contributed by atoms with Crippen LogP contribution >= 0.6 is 11.3 Å². The van der Waals surface area contributed by atoms with Crippen LogP contribution in [0.2, 0.25) is 0 Å². The highest BCUT2D eigenvalue weighted by Gasteiger charge is 2.46. The van der Waals surface area contributed by atoms with Crippen LogP contribution in [0.3, 0.4) is 0 Å². The van der Waals surface area contributed by atoms with Gasteiger partial charge in [-0.25, -0.2) is 9.88 Å². The number of fused-ring (bicyclic) bond motifs is 1. The third-order valence-corrected chi connectivity index (χ3v) is 7.43. The number of nitrogens with zero attached hydrogens (tertiary/aromatic N) is 2. The van der Waals surface area contributed by atoms with Crippen molar-refractivity contribution >= 4 is 39.1 Å². The van der Waals surface area contributed by atoms with Gasteiger partial charge in [0.15, 0.2) is 6.04 Å². The average molecular weight is 421 g/mol. The molecule has 0 spiro atoms. The minimum Gasteiger partial charge on any atom is -0.324 e. The fraction of sp³-hybridized carbons (Fsp3) is 0.375. The smallest absolute Gasteiger partial charge is 0.292 e. The lowest BCUT2D eigenvalue weighted by Crippen LogP contribution is -3.18. The Kier molecular flexibility index (Phi) is 4.91. The Labute approximate surface area is 180 Å². The summed E-state index contributed by atoms with van der Waals surface area (Å²) in [5, 5.41) is 0.950. The lowest BCUT2D eigenvalue weighted by molar-refractivity contribution is -0.923. The van der Waals surface area contributed by atoms with Crippen LogP contribution in [0.25, 0.3) is 20.8 Å². The standard InChI is InChI=1S/C24H25N3O2S/c1-15-5-10-19-21(12-15)30-23(25-19)17-6-8-18(9-7-17)27-22(28)13-20(24(27)29)26-11-3-4-16(2)14-26/h5-10,12,16,20H,3-4,11,13-14H2,1-2H3/p+1/t16-,20-/m0/s1. The van der Waals surface area contributed by atoms with E-state index in [4.69, 9.17) is 4.98 Å². The second kappa shape index (κ2) is 7.60. The summed E-state index contributed by atoms with van der Waals surface area (Å²) in [6, 6.07) is 13.7. The predicted molar refractivity (Wildman–Crippen MR) is 120 cm³/mol. The molecule has 154 valence electrons. The zero-order valence-corrected chi connectivity index (χ0v) is 18.2. The molecule has 2 aliphatic rings. The van der Waals surface area contributed by atoms with Gasteiger partial charge >= 0.3 is 0 Å². The van der Waals surface area contributed by atoms with Gasteiger partial charge in [0, 0.05) is 11.5 Å². The van der Waals surface area contributed by atoms with Gasteiger partial charge in [-0.3, -0.25) is 9.59 Å². The topological polar surface area (TPSA) is 54.7 Å². The highest BCUT2D eigenvalue weighted by atomic mass is 32.1. The molecular formula is C24H26N3O2S+. The van der Waals surface area contributed by atoms with Crippen molar-refractivity contribution in [2.45, 2.75) is 39.2 Å². The molecule has 0 radical (unpaired) electrons. The largest absolute Gasteiger partial charge is 0.324 e. The average Bonchev–Trinajstić information content (AvgIpc) is 3.28. The van der Waals surface area contributed by atoms with Crippen LogP contribution in [0.1, 0.15) is 31.7 Å². The highest BCUT2D eigenvalue weighted by Crippen LogP contribution is 2.32. The van der Waals surface area contributed by atoms with E-state index in [9.17, 15) is 9.59 Å².